The standard InChI is InChI=1S/C30H39N3O7/c1-30(2,3)40-28(35)32-20-17-26(27(34)31-13-14-38-16-15-37-4)33(18-20)29(36)39-19-25-23-11-7-5-9-21(23)22-10-6-8-12-24(22)25/h5-12,20,25-26H,13-19H2,1-4H3,(H,31,34)(H,32,35). The molecule has 40 heavy (non-hydrogen) atoms. The van der Waals surface area contributed by atoms with Crippen LogP contribution in [0.25, 0.3) is 11.1 Å². The number of rotatable bonds is 10. The van der Waals surface area contributed by atoms with E-state index in [1.54, 1.807) is 27.9 Å². The van der Waals surface area contributed by atoms with E-state index in [0.29, 0.717) is 19.8 Å². The van der Waals surface area contributed by atoms with Crippen LogP contribution < -0.4 is 10.6 Å². The molecule has 0 bridgehead atoms. The first kappa shape index (κ1) is 29.4. The number of hydrogen-bond acceptors (Lipinski definition) is 7. The van der Waals surface area contributed by atoms with E-state index < -0.39 is 29.9 Å². The van der Waals surface area contributed by atoms with Gasteiger partial charge in [-0.15, -0.1) is 0 Å². The van der Waals surface area contributed by atoms with Gasteiger partial charge in [-0.05, 0) is 49.4 Å². The van der Waals surface area contributed by atoms with Crippen LogP contribution in [-0.4, -0.2) is 87.3 Å². The predicted octanol–water partition coefficient (Wildman–Crippen LogP) is 3.68. The van der Waals surface area contributed by atoms with Gasteiger partial charge in [0, 0.05) is 26.1 Å². The number of nitrogens with one attached hydrogen (secondary N) is 2. The first-order valence-electron chi connectivity index (χ1n) is 13.6. The zero-order chi connectivity index (χ0) is 28.7. The summed E-state index contributed by atoms with van der Waals surface area (Å²) < 4.78 is 21.6. The maximum Gasteiger partial charge on any atom is 0.410 e. The number of likely N-dealkylation sites (tertiary alicyclic amines) is 1. The lowest BCUT2D eigenvalue weighted by atomic mass is 9.98. The third-order valence-corrected chi connectivity index (χ3v) is 6.87. The van der Waals surface area contributed by atoms with Gasteiger partial charge in [-0.1, -0.05) is 48.5 Å². The molecule has 2 atom stereocenters. The molecule has 0 radical (unpaired) electrons. The molecule has 216 valence electrons. The number of fused-ring (bicyclic) bond motifs is 3. The van der Waals surface area contributed by atoms with Crippen molar-refractivity contribution in [2.24, 2.45) is 0 Å². The van der Waals surface area contributed by atoms with Gasteiger partial charge < -0.3 is 29.6 Å². The van der Waals surface area contributed by atoms with Crippen LogP contribution in [0.1, 0.15) is 44.2 Å². The number of ether oxygens (including phenoxy) is 4. The average Bonchev–Trinajstić information content (AvgIpc) is 3.47. The van der Waals surface area contributed by atoms with E-state index in [4.69, 9.17) is 18.9 Å². The fraction of sp³-hybridized carbons (Fsp3) is 0.500. The van der Waals surface area contributed by atoms with E-state index in [0.717, 1.165) is 22.3 Å². The molecule has 1 saturated heterocycles. The van der Waals surface area contributed by atoms with Gasteiger partial charge in [0.05, 0.1) is 25.9 Å². The summed E-state index contributed by atoms with van der Waals surface area (Å²) in [5.41, 5.74) is 3.79. The first-order chi connectivity index (χ1) is 19.2. The van der Waals surface area contributed by atoms with Gasteiger partial charge in [-0.2, -0.15) is 0 Å². The van der Waals surface area contributed by atoms with Gasteiger partial charge in [0.2, 0.25) is 5.91 Å². The summed E-state index contributed by atoms with van der Waals surface area (Å²) in [6.07, 6.45) is -0.968. The van der Waals surface area contributed by atoms with Crippen molar-refractivity contribution in [3.8, 4) is 11.1 Å². The van der Waals surface area contributed by atoms with Crippen LogP contribution in [0.15, 0.2) is 48.5 Å². The Labute approximate surface area is 235 Å². The number of alkyl carbamates (subject to hydrolysis) is 1. The van der Waals surface area contributed by atoms with E-state index in [2.05, 4.69) is 34.9 Å². The quantitative estimate of drug-likeness (QED) is 0.431. The monoisotopic (exact) mass is 553 g/mol. The minimum Gasteiger partial charge on any atom is -0.448 e. The van der Waals surface area contributed by atoms with Crippen LogP contribution in [0.3, 0.4) is 0 Å². The van der Waals surface area contributed by atoms with Crippen LogP contribution in [0.4, 0.5) is 9.59 Å². The van der Waals surface area contributed by atoms with Crippen LogP contribution in [0, 0.1) is 0 Å². The molecular weight excluding hydrogens is 514 g/mol. The third kappa shape index (κ3) is 7.31. The fourth-order valence-corrected chi connectivity index (χ4v) is 5.15. The predicted molar refractivity (Wildman–Crippen MR) is 149 cm³/mol. The topological polar surface area (TPSA) is 115 Å². The highest BCUT2D eigenvalue weighted by Gasteiger charge is 2.42. The fourth-order valence-electron chi connectivity index (χ4n) is 5.15. The highest BCUT2D eigenvalue weighted by Crippen LogP contribution is 2.44. The zero-order valence-electron chi connectivity index (χ0n) is 23.6. The molecule has 1 aliphatic heterocycles. The molecule has 2 unspecified atom stereocenters. The highest BCUT2D eigenvalue weighted by molar-refractivity contribution is 5.87. The Kier molecular flexibility index (Phi) is 9.65. The molecule has 2 aliphatic rings. The average molecular weight is 554 g/mol. The zero-order valence-corrected chi connectivity index (χ0v) is 23.6. The maximum atomic E-state index is 13.4. The molecule has 1 aliphatic carbocycles. The van der Waals surface area contributed by atoms with Crippen molar-refractivity contribution in [3.05, 3.63) is 59.7 Å². The summed E-state index contributed by atoms with van der Waals surface area (Å²) in [5.74, 6) is -0.441. The lowest BCUT2D eigenvalue weighted by molar-refractivity contribution is -0.125. The molecular formula is C30H39N3O7. The summed E-state index contributed by atoms with van der Waals surface area (Å²) in [6, 6.07) is 14.9. The van der Waals surface area contributed by atoms with Crippen molar-refractivity contribution in [3.63, 3.8) is 0 Å². The molecule has 10 heteroatoms. The molecule has 1 fully saturated rings. The van der Waals surface area contributed by atoms with Crippen molar-refractivity contribution in [1.82, 2.24) is 15.5 Å². The van der Waals surface area contributed by atoms with E-state index in [1.807, 2.05) is 24.3 Å². The summed E-state index contributed by atoms with van der Waals surface area (Å²) >= 11 is 0. The smallest absolute Gasteiger partial charge is 0.410 e. The summed E-state index contributed by atoms with van der Waals surface area (Å²) in [4.78, 5) is 40.3. The van der Waals surface area contributed by atoms with E-state index in [-0.39, 0.29) is 37.9 Å². The second kappa shape index (κ2) is 13.1. The van der Waals surface area contributed by atoms with Gasteiger partial charge in [0.1, 0.15) is 18.2 Å². The Morgan fingerprint density at radius 3 is 2.23 bits per heavy atom. The summed E-state index contributed by atoms with van der Waals surface area (Å²) in [5, 5.41) is 5.61. The van der Waals surface area contributed by atoms with Gasteiger partial charge in [0.25, 0.3) is 0 Å². The molecule has 0 aromatic heterocycles. The van der Waals surface area contributed by atoms with Crippen LogP contribution >= 0.6 is 0 Å². The molecule has 3 amide bonds. The molecule has 10 nitrogen and oxygen atoms in total. The third-order valence-electron chi connectivity index (χ3n) is 6.87. The molecule has 0 spiro atoms. The largest absolute Gasteiger partial charge is 0.448 e. The number of carbonyl (C=O) groups is 3. The summed E-state index contributed by atoms with van der Waals surface area (Å²) in [6.45, 7) is 7.05. The molecule has 2 N–H and O–H groups in total. The number of methoxy groups -OCH3 is 1. The SMILES string of the molecule is COCCOCCNC(=O)C1CC(NC(=O)OC(C)(C)C)CN1C(=O)OCC1c2ccccc2-c2ccccc21. The Hall–Kier alpha value is -3.63. The van der Waals surface area contributed by atoms with Crippen molar-refractivity contribution in [2.45, 2.75) is 50.8 Å². The number of hydrogen-bond donors (Lipinski definition) is 2. The van der Waals surface area contributed by atoms with Gasteiger partial charge >= 0.3 is 12.2 Å². The number of benzene rings is 2. The van der Waals surface area contributed by atoms with Crippen molar-refractivity contribution in [2.75, 3.05) is 46.6 Å². The molecule has 1 heterocycles. The van der Waals surface area contributed by atoms with E-state index in [1.165, 1.54) is 4.90 Å². The Balaban J connectivity index is 1.41. The van der Waals surface area contributed by atoms with E-state index >= 15 is 0 Å². The number of carbonyl (C=O) groups excluding carboxylic acids is 3. The molecule has 0 saturated carbocycles. The highest BCUT2D eigenvalue weighted by atomic mass is 16.6. The normalized spacial score (nSPS) is 18.1. The number of amides is 3. The van der Waals surface area contributed by atoms with E-state index in [9.17, 15) is 14.4 Å². The van der Waals surface area contributed by atoms with Crippen LogP contribution in [0.2, 0.25) is 0 Å². The van der Waals surface area contributed by atoms with Gasteiger partial charge in [-0.25, -0.2) is 9.59 Å². The number of nitrogens with zero attached hydrogens (tertiary/aromatic N) is 1. The van der Waals surface area contributed by atoms with Crippen molar-refractivity contribution >= 4 is 18.1 Å². The Morgan fingerprint density at radius 2 is 1.60 bits per heavy atom. The second-order valence-corrected chi connectivity index (χ2v) is 10.9. The Morgan fingerprint density at radius 1 is 0.950 bits per heavy atom. The minimum absolute atomic E-state index is 0.105. The lowest BCUT2D eigenvalue weighted by Crippen LogP contribution is -2.47. The first-order valence-corrected chi connectivity index (χ1v) is 13.6. The summed E-state index contributed by atoms with van der Waals surface area (Å²) in [7, 11) is 1.59. The molecule has 2 aromatic rings. The van der Waals surface area contributed by atoms with Crippen LogP contribution in [0.5, 0.6) is 0 Å². The molecule has 2 aromatic carbocycles. The van der Waals surface area contributed by atoms with Crippen molar-refractivity contribution in [1.29, 1.82) is 0 Å². The Bertz CT molecular complexity index is 1150. The van der Waals surface area contributed by atoms with Gasteiger partial charge in [0.15, 0.2) is 0 Å². The lowest BCUT2D eigenvalue weighted by Gasteiger charge is -2.24. The molecule has 4 rings (SSSR count). The maximum absolute atomic E-state index is 13.4. The van der Waals surface area contributed by atoms with Gasteiger partial charge in [-0.3, -0.25) is 9.69 Å². The van der Waals surface area contributed by atoms with Crippen molar-refractivity contribution < 1.29 is 33.3 Å². The minimum atomic E-state index is -0.811. The second-order valence-electron chi connectivity index (χ2n) is 10.9. The van der Waals surface area contributed by atoms with Crippen LogP contribution in [-0.2, 0) is 23.7 Å².